The fourth-order valence-electron chi connectivity index (χ4n) is 1.60. The summed E-state index contributed by atoms with van der Waals surface area (Å²) in [4.78, 5) is 12.0. The predicted molar refractivity (Wildman–Crippen MR) is 73.9 cm³/mol. The molecule has 6 heteroatoms. The zero-order valence-electron chi connectivity index (χ0n) is 10.7. The van der Waals surface area contributed by atoms with E-state index in [9.17, 15) is 14.5 Å². The molecule has 4 nitrogen and oxygen atoms in total. The normalized spacial score (nSPS) is 12.2. The molecule has 0 aliphatic heterocycles. The lowest BCUT2D eigenvalue weighted by Crippen LogP contribution is -2.29. The summed E-state index contributed by atoms with van der Waals surface area (Å²) in [6.45, 7) is 2.02. The van der Waals surface area contributed by atoms with Gasteiger partial charge in [-0.2, -0.15) is 11.8 Å². The van der Waals surface area contributed by atoms with Crippen molar-refractivity contribution in [2.75, 3.05) is 24.0 Å². The minimum atomic E-state index is -0.580. The Balaban J connectivity index is 2.91. The monoisotopic (exact) mass is 272 g/mol. The number of hydrogen-bond donors (Lipinski definition) is 0. The summed E-state index contributed by atoms with van der Waals surface area (Å²) in [6, 6.07) is 3.87. The summed E-state index contributed by atoms with van der Waals surface area (Å²) in [7, 11) is 1.82. The van der Waals surface area contributed by atoms with Crippen LogP contribution in [0.4, 0.5) is 15.8 Å². The highest BCUT2D eigenvalue weighted by Crippen LogP contribution is 2.24. The molecular weight excluding hydrogens is 255 g/mol. The lowest BCUT2D eigenvalue weighted by molar-refractivity contribution is -0.385. The van der Waals surface area contributed by atoms with Gasteiger partial charge in [0.25, 0.3) is 5.69 Å². The summed E-state index contributed by atoms with van der Waals surface area (Å²) in [5, 5.41) is 10.7. The highest BCUT2D eigenvalue weighted by Gasteiger charge is 2.15. The average molecular weight is 272 g/mol. The van der Waals surface area contributed by atoms with Crippen molar-refractivity contribution in [1.29, 1.82) is 0 Å². The molecule has 0 heterocycles. The molecule has 1 aromatic carbocycles. The molecule has 0 fully saturated rings. The minimum Gasteiger partial charge on any atom is -0.372 e. The van der Waals surface area contributed by atoms with E-state index in [2.05, 4.69) is 0 Å². The Kier molecular flexibility index (Phi) is 5.40. The molecule has 0 bridgehead atoms. The van der Waals surface area contributed by atoms with Crippen LogP contribution in [0.2, 0.25) is 0 Å². The van der Waals surface area contributed by atoms with Crippen LogP contribution in [-0.4, -0.2) is 30.0 Å². The molecule has 0 N–H and O–H groups in total. The Morgan fingerprint density at radius 1 is 1.50 bits per heavy atom. The van der Waals surface area contributed by atoms with E-state index >= 15 is 0 Å². The van der Waals surface area contributed by atoms with Gasteiger partial charge in [0.15, 0.2) is 0 Å². The molecule has 1 atom stereocenters. The lowest BCUT2D eigenvalue weighted by atomic mass is 10.2. The van der Waals surface area contributed by atoms with Gasteiger partial charge in [-0.1, -0.05) is 0 Å². The van der Waals surface area contributed by atoms with Gasteiger partial charge in [-0.3, -0.25) is 10.1 Å². The van der Waals surface area contributed by atoms with Crippen LogP contribution in [0.5, 0.6) is 0 Å². The number of nitro benzene ring substituents is 1. The lowest BCUT2D eigenvalue weighted by Gasteiger charge is -2.26. The fourth-order valence-corrected chi connectivity index (χ4v) is 2.18. The van der Waals surface area contributed by atoms with E-state index in [1.165, 1.54) is 12.1 Å². The van der Waals surface area contributed by atoms with Gasteiger partial charge < -0.3 is 4.90 Å². The molecule has 1 unspecified atom stereocenters. The number of non-ortho nitro benzene ring substituents is 1. The molecular formula is C12H17FN2O2S. The van der Waals surface area contributed by atoms with Crippen molar-refractivity contribution in [1.82, 2.24) is 0 Å². The molecule has 0 aliphatic rings. The molecule has 0 saturated heterocycles. The molecule has 18 heavy (non-hydrogen) atoms. The van der Waals surface area contributed by atoms with Gasteiger partial charge in [0.2, 0.25) is 0 Å². The number of nitro groups is 1. The molecule has 0 aromatic heterocycles. The number of nitrogens with zero attached hydrogens (tertiary/aromatic N) is 2. The van der Waals surface area contributed by atoms with E-state index in [0.29, 0.717) is 5.69 Å². The number of rotatable bonds is 6. The van der Waals surface area contributed by atoms with Crippen molar-refractivity contribution in [3.8, 4) is 0 Å². The van der Waals surface area contributed by atoms with E-state index < -0.39 is 10.7 Å². The summed E-state index contributed by atoms with van der Waals surface area (Å²) in [6.07, 6.45) is 2.97. The van der Waals surface area contributed by atoms with Crippen molar-refractivity contribution >= 4 is 23.1 Å². The summed E-state index contributed by atoms with van der Waals surface area (Å²) in [5.41, 5.74) is 0.323. The van der Waals surface area contributed by atoms with Gasteiger partial charge in [-0.05, 0) is 31.4 Å². The molecule has 0 saturated carbocycles. The third-order valence-electron chi connectivity index (χ3n) is 2.89. The maximum atomic E-state index is 13.3. The second-order valence-electron chi connectivity index (χ2n) is 4.17. The van der Waals surface area contributed by atoms with Crippen molar-refractivity contribution < 1.29 is 9.31 Å². The largest absolute Gasteiger partial charge is 0.372 e. The average Bonchev–Trinajstić information content (AvgIpc) is 2.34. The van der Waals surface area contributed by atoms with Crippen LogP contribution in [0.1, 0.15) is 13.3 Å². The van der Waals surface area contributed by atoms with Crippen LogP contribution < -0.4 is 4.90 Å². The van der Waals surface area contributed by atoms with Crippen molar-refractivity contribution in [3.05, 3.63) is 34.1 Å². The number of benzene rings is 1. The summed E-state index contributed by atoms with van der Waals surface area (Å²) < 4.78 is 13.3. The van der Waals surface area contributed by atoms with E-state index in [4.69, 9.17) is 0 Å². The van der Waals surface area contributed by atoms with Crippen LogP contribution in [-0.2, 0) is 0 Å². The smallest absolute Gasteiger partial charge is 0.274 e. The highest BCUT2D eigenvalue weighted by molar-refractivity contribution is 7.98. The van der Waals surface area contributed by atoms with E-state index in [-0.39, 0.29) is 11.7 Å². The second-order valence-corrected chi connectivity index (χ2v) is 5.15. The van der Waals surface area contributed by atoms with E-state index in [1.807, 2.05) is 25.1 Å². The van der Waals surface area contributed by atoms with Crippen LogP contribution in [0.15, 0.2) is 18.2 Å². The first-order valence-electron chi connectivity index (χ1n) is 5.62. The first-order chi connectivity index (χ1) is 8.45. The molecule has 0 amide bonds. The Morgan fingerprint density at radius 2 is 2.17 bits per heavy atom. The van der Waals surface area contributed by atoms with Crippen LogP contribution in [0.3, 0.4) is 0 Å². The first-order valence-corrected chi connectivity index (χ1v) is 7.02. The molecule has 1 aromatic rings. The van der Waals surface area contributed by atoms with Crippen LogP contribution in [0, 0.1) is 15.9 Å². The van der Waals surface area contributed by atoms with Crippen LogP contribution in [0.25, 0.3) is 0 Å². The predicted octanol–water partition coefficient (Wildman–Crippen LogP) is 3.31. The van der Waals surface area contributed by atoms with Crippen molar-refractivity contribution in [2.24, 2.45) is 0 Å². The maximum absolute atomic E-state index is 13.3. The van der Waals surface area contributed by atoms with Crippen molar-refractivity contribution in [2.45, 2.75) is 19.4 Å². The quantitative estimate of drug-likeness (QED) is 0.589. The van der Waals surface area contributed by atoms with E-state index in [1.54, 1.807) is 11.8 Å². The number of hydrogen-bond acceptors (Lipinski definition) is 4. The standard InChI is InChI=1S/C12H17FN2O2S/c1-9(4-5-18-3)14(2)11-6-10(13)7-12(8-11)15(16)17/h6-9H,4-5H2,1-3H3. The molecule has 0 aliphatic carbocycles. The Hall–Kier alpha value is -1.30. The van der Waals surface area contributed by atoms with Crippen molar-refractivity contribution in [3.63, 3.8) is 0 Å². The zero-order chi connectivity index (χ0) is 13.7. The third kappa shape index (κ3) is 3.87. The summed E-state index contributed by atoms with van der Waals surface area (Å²) >= 11 is 1.74. The maximum Gasteiger partial charge on any atom is 0.274 e. The first kappa shape index (κ1) is 14.8. The number of halogens is 1. The SMILES string of the molecule is CSCCC(C)N(C)c1cc(F)cc([N+](=O)[O-])c1. The fraction of sp³-hybridized carbons (Fsp3) is 0.500. The number of thioether (sulfide) groups is 1. The zero-order valence-corrected chi connectivity index (χ0v) is 11.5. The van der Waals surface area contributed by atoms with Gasteiger partial charge in [-0.25, -0.2) is 4.39 Å². The number of anilines is 1. The van der Waals surface area contributed by atoms with Gasteiger partial charge in [-0.15, -0.1) is 0 Å². The van der Waals surface area contributed by atoms with E-state index in [0.717, 1.165) is 18.2 Å². The molecule has 0 spiro atoms. The third-order valence-corrected chi connectivity index (χ3v) is 3.53. The van der Waals surface area contributed by atoms with Gasteiger partial charge >= 0.3 is 0 Å². The Labute approximate surface area is 110 Å². The second kappa shape index (κ2) is 6.58. The topological polar surface area (TPSA) is 46.4 Å². The molecule has 100 valence electrons. The molecule has 0 radical (unpaired) electrons. The minimum absolute atomic E-state index is 0.207. The molecule has 1 rings (SSSR count). The van der Waals surface area contributed by atoms with Gasteiger partial charge in [0.05, 0.1) is 11.0 Å². The van der Waals surface area contributed by atoms with Crippen LogP contribution >= 0.6 is 11.8 Å². The Bertz CT molecular complexity index is 429. The van der Waals surface area contributed by atoms with Gasteiger partial charge in [0, 0.05) is 24.8 Å². The Morgan fingerprint density at radius 3 is 2.72 bits per heavy atom. The van der Waals surface area contributed by atoms with Gasteiger partial charge in [0.1, 0.15) is 5.82 Å². The summed E-state index contributed by atoms with van der Waals surface area (Å²) in [5.74, 6) is 0.422. The highest BCUT2D eigenvalue weighted by atomic mass is 32.2.